The average molecular weight is 363 g/mol. The topological polar surface area (TPSA) is 72.0 Å². The van der Waals surface area contributed by atoms with Crippen molar-refractivity contribution in [3.63, 3.8) is 0 Å². The van der Waals surface area contributed by atoms with Gasteiger partial charge in [-0.15, -0.1) is 6.58 Å². The molecule has 0 radical (unpaired) electrons. The molecule has 7 heteroatoms. The van der Waals surface area contributed by atoms with Gasteiger partial charge in [0.15, 0.2) is 0 Å². The average Bonchev–Trinajstić information content (AvgIpc) is 2.56. The number of hydrogen-bond donors (Lipinski definition) is 1. The second kappa shape index (κ2) is 7.74. The third-order valence-corrected chi connectivity index (χ3v) is 4.93. The molecule has 0 amide bonds. The summed E-state index contributed by atoms with van der Waals surface area (Å²) in [6.45, 7) is 9.26. The van der Waals surface area contributed by atoms with Crippen molar-refractivity contribution in [3.05, 3.63) is 54.0 Å². The largest absolute Gasteiger partial charge is 0.251 e. The fourth-order valence-electron chi connectivity index (χ4n) is 2.43. The molecule has 0 bridgehead atoms. The minimum Gasteiger partial charge on any atom is -0.251 e. The van der Waals surface area contributed by atoms with Gasteiger partial charge in [0.2, 0.25) is 16.0 Å². The SMILES string of the molecule is C=CCc1c(-c2ccc(F)cc2)nc(NS(=O)(=O)CC)nc1C(C)C. The van der Waals surface area contributed by atoms with Gasteiger partial charge in [0, 0.05) is 11.1 Å². The number of hydrogen-bond acceptors (Lipinski definition) is 4. The fourth-order valence-corrected chi connectivity index (χ4v) is 2.94. The van der Waals surface area contributed by atoms with Crippen LogP contribution in [0.4, 0.5) is 10.3 Å². The first-order chi connectivity index (χ1) is 11.8. The highest BCUT2D eigenvalue weighted by Crippen LogP contribution is 2.30. The van der Waals surface area contributed by atoms with E-state index in [0.29, 0.717) is 17.7 Å². The Balaban J connectivity index is 2.70. The number of nitrogens with one attached hydrogen (secondary N) is 1. The summed E-state index contributed by atoms with van der Waals surface area (Å²) >= 11 is 0. The predicted molar refractivity (Wildman–Crippen MR) is 98.5 cm³/mol. The molecular weight excluding hydrogens is 341 g/mol. The van der Waals surface area contributed by atoms with Gasteiger partial charge in [0.1, 0.15) is 5.82 Å². The zero-order valence-corrected chi connectivity index (χ0v) is 15.4. The number of allylic oxidation sites excluding steroid dienone is 1. The van der Waals surface area contributed by atoms with Crippen LogP contribution in [0.3, 0.4) is 0 Å². The van der Waals surface area contributed by atoms with E-state index >= 15 is 0 Å². The number of benzene rings is 1. The highest BCUT2D eigenvalue weighted by Gasteiger charge is 2.19. The summed E-state index contributed by atoms with van der Waals surface area (Å²) in [6.07, 6.45) is 2.27. The molecule has 0 atom stereocenters. The van der Waals surface area contributed by atoms with Crippen LogP contribution in [0.1, 0.15) is 37.9 Å². The lowest BCUT2D eigenvalue weighted by Crippen LogP contribution is -2.18. The Morgan fingerprint density at radius 3 is 2.40 bits per heavy atom. The fraction of sp³-hybridized carbons (Fsp3) is 0.333. The molecule has 0 aliphatic heterocycles. The summed E-state index contributed by atoms with van der Waals surface area (Å²) in [7, 11) is -3.50. The molecule has 0 spiro atoms. The Kier molecular flexibility index (Phi) is 5.89. The van der Waals surface area contributed by atoms with Crippen LogP contribution in [-0.4, -0.2) is 24.1 Å². The van der Waals surface area contributed by atoms with Gasteiger partial charge in [0.25, 0.3) is 0 Å². The normalized spacial score (nSPS) is 11.6. The quantitative estimate of drug-likeness (QED) is 0.758. The van der Waals surface area contributed by atoms with Crippen molar-refractivity contribution in [2.45, 2.75) is 33.1 Å². The van der Waals surface area contributed by atoms with E-state index in [0.717, 1.165) is 11.3 Å². The lowest BCUT2D eigenvalue weighted by atomic mass is 9.96. The van der Waals surface area contributed by atoms with Crippen molar-refractivity contribution in [1.29, 1.82) is 0 Å². The van der Waals surface area contributed by atoms with E-state index in [1.807, 2.05) is 13.8 Å². The van der Waals surface area contributed by atoms with E-state index < -0.39 is 10.0 Å². The maximum atomic E-state index is 13.3. The second-order valence-electron chi connectivity index (χ2n) is 5.92. The van der Waals surface area contributed by atoms with Crippen molar-refractivity contribution in [2.24, 2.45) is 0 Å². The Morgan fingerprint density at radius 2 is 1.88 bits per heavy atom. The number of aromatic nitrogens is 2. The predicted octanol–water partition coefficient (Wildman–Crippen LogP) is 3.90. The lowest BCUT2D eigenvalue weighted by molar-refractivity contribution is 0.602. The van der Waals surface area contributed by atoms with Gasteiger partial charge < -0.3 is 0 Å². The molecule has 5 nitrogen and oxygen atoms in total. The summed E-state index contributed by atoms with van der Waals surface area (Å²) in [5.41, 5.74) is 2.87. The first-order valence-electron chi connectivity index (χ1n) is 8.05. The van der Waals surface area contributed by atoms with E-state index in [-0.39, 0.29) is 23.4 Å². The van der Waals surface area contributed by atoms with Crippen LogP contribution in [0.2, 0.25) is 0 Å². The van der Waals surface area contributed by atoms with Crippen LogP contribution in [-0.2, 0) is 16.4 Å². The van der Waals surface area contributed by atoms with Crippen LogP contribution >= 0.6 is 0 Å². The first kappa shape index (κ1) is 19.1. The van der Waals surface area contributed by atoms with Gasteiger partial charge in [-0.25, -0.2) is 22.8 Å². The van der Waals surface area contributed by atoms with Gasteiger partial charge in [-0.1, -0.05) is 19.9 Å². The number of nitrogens with zero attached hydrogens (tertiary/aromatic N) is 2. The zero-order chi connectivity index (χ0) is 18.6. The van der Waals surface area contributed by atoms with Crippen molar-refractivity contribution >= 4 is 16.0 Å². The molecule has 0 aliphatic rings. The van der Waals surface area contributed by atoms with Crippen molar-refractivity contribution < 1.29 is 12.8 Å². The summed E-state index contributed by atoms with van der Waals surface area (Å²) in [6, 6.07) is 5.93. The lowest BCUT2D eigenvalue weighted by Gasteiger charge is -2.17. The molecule has 2 rings (SSSR count). The molecule has 1 aromatic heterocycles. The molecule has 0 fully saturated rings. The van der Waals surface area contributed by atoms with Gasteiger partial charge >= 0.3 is 0 Å². The molecule has 0 saturated carbocycles. The van der Waals surface area contributed by atoms with Crippen LogP contribution in [0.5, 0.6) is 0 Å². The smallest absolute Gasteiger partial charge is 0.237 e. The Labute approximate surface area is 148 Å². The van der Waals surface area contributed by atoms with E-state index in [9.17, 15) is 12.8 Å². The van der Waals surface area contributed by atoms with Gasteiger partial charge in [0.05, 0.1) is 17.1 Å². The van der Waals surface area contributed by atoms with E-state index in [1.54, 1.807) is 25.1 Å². The summed E-state index contributed by atoms with van der Waals surface area (Å²) in [4.78, 5) is 8.80. The second-order valence-corrected chi connectivity index (χ2v) is 7.93. The van der Waals surface area contributed by atoms with Crippen LogP contribution in [0.25, 0.3) is 11.3 Å². The van der Waals surface area contributed by atoms with E-state index in [1.165, 1.54) is 12.1 Å². The van der Waals surface area contributed by atoms with Gasteiger partial charge in [-0.3, -0.25) is 4.72 Å². The van der Waals surface area contributed by atoms with Crippen LogP contribution in [0.15, 0.2) is 36.9 Å². The zero-order valence-electron chi connectivity index (χ0n) is 14.6. The van der Waals surface area contributed by atoms with Crippen molar-refractivity contribution in [1.82, 2.24) is 9.97 Å². The minimum atomic E-state index is -3.50. The van der Waals surface area contributed by atoms with Crippen molar-refractivity contribution in [2.75, 3.05) is 10.5 Å². The molecule has 0 unspecified atom stereocenters. The van der Waals surface area contributed by atoms with Crippen LogP contribution < -0.4 is 4.72 Å². The van der Waals surface area contributed by atoms with Crippen molar-refractivity contribution in [3.8, 4) is 11.3 Å². The molecule has 25 heavy (non-hydrogen) atoms. The molecule has 0 aliphatic carbocycles. The van der Waals surface area contributed by atoms with Crippen LogP contribution in [0, 0.1) is 5.82 Å². The maximum absolute atomic E-state index is 13.3. The maximum Gasteiger partial charge on any atom is 0.237 e. The number of halogens is 1. The molecule has 134 valence electrons. The number of anilines is 1. The summed E-state index contributed by atoms with van der Waals surface area (Å²) in [5.74, 6) is -0.341. The molecular formula is C18H22FN3O2S. The minimum absolute atomic E-state index is 0.0256. The Bertz CT molecular complexity index is 863. The molecule has 2 aromatic rings. The summed E-state index contributed by atoms with van der Waals surface area (Å²) in [5, 5.41) is 0. The molecule has 1 heterocycles. The molecule has 1 N–H and O–H groups in total. The van der Waals surface area contributed by atoms with Gasteiger partial charge in [-0.05, 0) is 43.5 Å². The number of rotatable bonds is 7. The highest BCUT2D eigenvalue weighted by molar-refractivity contribution is 7.92. The standard InChI is InChI=1S/C18H22FN3O2S/c1-5-7-15-16(12(3)4)20-18(22-25(23,24)6-2)21-17(15)13-8-10-14(19)11-9-13/h5,8-12H,1,6-7H2,2-4H3,(H,20,21,22). The van der Waals surface area contributed by atoms with E-state index in [4.69, 9.17) is 0 Å². The molecule has 0 saturated heterocycles. The highest BCUT2D eigenvalue weighted by atomic mass is 32.2. The molecule has 1 aromatic carbocycles. The van der Waals surface area contributed by atoms with E-state index in [2.05, 4.69) is 21.3 Å². The van der Waals surface area contributed by atoms with Gasteiger partial charge in [-0.2, -0.15) is 0 Å². The Morgan fingerprint density at radius 1 is 1.24 bits per heavy atom. The summed E-state index contributed by atoms with van der Waals surface area (Å²) < 4.78 is 39.5. The number of sulfonamides is 1. The third kappa shape index (κ3) is 4.63. The Hall–Kier alpha value is -2.28. The monoisotopic (exact) mass is 363 g/mol. The first-order valence-corrected chi connectivity index (χ1v) is 9.70. The third-order valence-electron chi connectivity index (χ3n) is 3.68.